The number of hydrogen-bond donors (Lipinski definition) is 0. The summed E-state index contributed by atoms with van der Waals surface area (Å²) >= 11 is 0. The Hall–Kier alpha value is -0.990. The van der Waals surface area contributed by atoms with Crippen LogP contribution >= 0.6 is 0 Å². The van der Waals surface area contributed by atoms with E-state index >= 15 is 0 Å². The number of halogens is 3. The Kier molecular flexibility index (Phi) is 2.25. The molecule has 0 saturated heterocycles. The van der Waals surface area contributed by atoms with E-state index < -0.39 is 11.7 Å². The van der Waals surface area contributed by atoms with Crippen LogP contribution in [-0.4, -0.2) is 0 Å². The summed E-state index contributed by atoms with van der Waals surface area (Å²) in [7, 11) is 0. The van der Waals surface area contributed by atoms with Crippen LogP contribution in [-0.2, 0) is 12.6 Å². The third kappa shape index (κ3) is 2.28. The zero-order valence-electron chi connectivity index (χ0n) is 7.64. The van der Waals surface area contributed by atoms with Crippen molar-refractivity contribution in [3.63, 3.8) is 0 Å². The first-order chi connectivity index (χ1) is 6.55. The van der Waals surface area contributed by atoms with Crippen LogP contribution in [0.1, 0.15) is 24.0 Å². The molecular formula is C11H11F3. The van der Waals surface area contributed by atoms with Crippen LogP contribution in [0.2, 0.25) is 0 Å². The van der Waals surface area contributed by atoms with Crippen LogP contribution in [0.5, 0.6) is 0 Å². The largest absolute Gasteiger partial charge is 0.416 e. The van der Waals surface area contributed by atoms with Gasteiger partial charge in [0.2, 0.25) is 0 Å². The first kappa shape index (κ1) is 9.56. The zero-order valence-corrected chi connectivity index (χ0v) is 7.64. The molecule has 2 rings (SSSR count). The molecule has 0 N–H and O–H groups in total. The van der Waals surface area contributed by atoms with Gasteiger partial charge in [-0.05, 0) is 42.9 Å². The Balaban J connectivity index is 2.08. The van der Waals surface area contributed by atoms with Crippen molar-refractivity contribution in [3.8, 4) is 0 Å². The first-order valence-electron chi connectivity index (χ1n) is 4.72. The minimum Gasteiger partial charge on any atom is -0.166 e. The highest BCUT2D eigenvalue weighted by Crippen LogP contribution is 2.34. The van der Waals surface area contributed by atoms with Crippen LogP contribution < -0.4 is 0 Å². The summed E-state index contributed by atoms with van der Waals surface area (Å²) < 4.78 is 36.6. The van der Waals surface area contributed by atoms with Crippen LogP contribution in [0, 0.1) is 5.92 Å². The molecule has 1 aromatic carbocycles. The van der Waals surface area contributed by atoms with E-state index in [0.29, 0.717) is 5.92 Å². The third-order valence-corrected chi connectivity index (χ3v) is 2.50. The second-order valence-corrected chi connectivity index (χ2v) is 3.84. The predicted octanol–water partition coefficient (Wildman–Crippen LogP) is 3.66. The summed E-state index contributed by atoms with van der Waals surface area (Å²) in [6.07, 6.45) is -0.835. The van der Waals surface area contributed by atoms with Gasteiger partial charge in [0.25, 0.3) is 0 Å². The van der Waals surface area contributed by atoms with Crippen molar-refractivity contribution >= 4 is 0 Å². The quantitative estimate of drug-likeness (QED) is 0.683. The van der Waals surface area contributed by atoms with E-state index in [4.69, 9.17) is 0 Å². The second kappa shape index (κ2) is 3.30. The van der Waals surface area contributed by atoms with Crippen LogP contribution in [0.25, 0.3) is 0 Å². The van der Waals surface area contributed by atoms with E-state index in [2.05, 4.69) is 0 Å². The maximum absolute atomic E-state index is 12.2. The summed E-state index contributed by atoms with van der Waals surface area (Å²) in [5, 5.41) is 0. The van der Waals surface area contributed by atoms with Gasteiger partial charge >= 0.3 is 6.18 Å². The summed E-state index contributed by atoms with van der Waals surface area (Å²) in [6.45, 7) is 0. The van der Waals surface area contributed by atoms with Crippen molar-refractivity contribution in [2.45, 2.75) is 25.4 Å². The van der Waals surface area contributed by atoms with Gasteiger partial charge < -0.3 is 0 Å². The Labute approximate surface area is 80.7 Å². The van der Waals surface area contributed by atoms with Crippen molar-refractivity contribution in [1.29, 1.82) is 0 Å². The Bertz CT molecular complexity index is 306. The van der Waals surface area contributed by atoms with Gasteiger partial charge in [0.15, 0.2) is 0 Å². The fourth-order valence-electron chi connectivity index (χ4n) is 1.49. The lowest BCUT2D eigenvalue weighted by Crippen LogP contribution is -2.04. The summed E-state index contributed by atoms with van der Waals surface area (Å²) in [4.78, 5) is 0. The molecule has 0 radical (unpaired) electrons. The van der Waals surface area contributed by atoms with E-state index in [9.17, 15) is 13.2 Å². The Morgan fingerprint density at radius 2 is 1.64 bits per heavy atom. The van der Waals surface area contributed by atoms with Gasteiger partial charge in [0.1, 0.15) is 0 Å². The lowest BCUT2D eigenvalue weighted by atomic mass is 10.1. The van der Waals surface area contributed by atoms with E-state index in [1.165, 1.54) is 12.8 Å². The fraction of sp³-hybridized carbons (Fsp3) is 0.455. The lowest BCUT2D eigenvalue weighted by molar-refractivity contribution is -0.137. The van der Waals surface area contributed by atoms with Crippen molar-refractivity contribution in [2.75, 3.05) is 0 Å². The average Bonchev–Trinajstić information content (AvgIpc) is 2.88. The molecule has 1 fully saturated rings. The fourth-order valence-corrected chi connectivity index (χ4v) is 1.49. The molecule has 14 heavy (non-hydrogen) atoms. The maximum atomic E-state index is 12.2. The molecule has 0 aliphatic heterocycles. The van der Waals surface area contributed by atoms with Gasteiger partial charge in [0.05, 0.1) is 5.56 Å². The molecule has 0 amide bonds. The number of rotatable bonds is 2. The molecule has 1 aromatic rings. The van der Waals surface area contributed by atoms with Gasteiger partial charge in [-0.3, -0.25) is 0 Å². The second-order valence-electron chi connectivity index (χ2n) is 3.84. The molecule has 1 aliphatic rings. The van der Waals surface area contributed by atoms with E-state index in [-0.39, 0.29) is 0 Å². The van der Waals surface area contributed by atoms with E-state index in [1.54, 1.807) is 12.1 Å². The third-order valence-electron chi connectivity index (χ3n) is 2.50. The number of benzene rings is 1. The van der Waals surface area contributed by atoms with E-state index in [0.717, 1.165) is 24.1 Å². The number of alkyl halides is 3. The molecular weight excluding hydrogens is 189 g/mol. The van der Waals surface area contributed by atoms with E-state index in [1.807, 2.05) is 0 Å². The van der Waals surface area contributed by atoms with Gasteiger partial charge in [-0.15, -0.1) is 0 Å². The normalized spacial score (nSPS) is 17.1. The first-order valence-corrected chi connectivity index (χ1v) is 4.72. The molecule has 3 heteroatoms. The summed E-state index contributed by atoms with van der Waals surface area (Å²) in [6, 6.07) is 5.50. The minimum atomic E-state index is -4.21. The molecule has 1 saturated carbocycles. The van der Waals surface area contributed by atoms with Crippen LogP contribution in [0.15, 0.2) is 24.3 Å². The Morgan fingerprint density at radius 3 is 2.07 bits per heavy atom. The van der Waals surface area contributed by atoms with Crippen molar-refractivity contribution < 1.29 is 13.2 Å². The highest BCUT2D eigenvalue weighted by atomic mass is 19.4. The van der Waals surface area contributed by atoms with Crippen molar-refractivity contribution in [3.05, 3.63) is 35.4 Å². The minimum absolute atomic E-state index is 0.558. The molecule has 0 nitrogen and oxygen atoms in total. The Morgan fingerprint density at radius 1 is 1.07 bits per heavy atom. The van der Waals surface area contributed by atoms with Crippen LogP contribution in [0.3, 0.4) is 0 Å². The highest BCUT2D eigenvalue weighted by Gasteiger charge is 2.30. The van der Waals surface area contributed by atoms with Gasteiger partial charge in [0, 0.05) is 0 Å². The van der Waals surface area contributed by atoms with Crippen molar-refractivity contribution in [1.82, 2.24) is 0 Å². The highest BCUT2D eigenvalue weighted by molar-refractivity contribution is 5.25. The molecule has 0 heterocycles. The monoisotopic (exact) mass is 200 g/mol. The van der Waals surface area contributed by atoms with Crippen molar-refractivity contribution in [2.24, 2.45) is 5.92 Å². The zero-order chi connectivity index (χ0) is 10.2. The smallest absolute Gasteiger partial charge is 0.166 e. The lowest BCUT2D eigenvalue weighted by Gasteiger charge is -2.07. The molecule has 0 spiro atoms. The maximum Gasteiger partial charge on any atom is 0.416 e. The standard InChI is InChI=1S/C11H11F3/c12-11(13,14)10-5-3-9(4-6-10)7-8-1-2-8/h3-6,8H,1-2,7H2. The topological polar surface area (TPSA) is 0 Å². The molecule has 0 bridgehead atoms. The SMILES string of the molecule is FC(F)(F)c1ccc(CC2CC2)cc1. The average molecular weight is 200 g/mol. The van der Waals surface area contributed by atoms with Gasteiger partial charge in [-0.25, -0.2) is 0 Å². The molecule has 76 valence electrons. The number of hydrogen-bond acceptors (Lipinski definition) is 0. The van der Waals surface area contributed by atoms with Crippen LogP contribution in [0.4, 0.5) is 13.2 Å². The summed E-state index contributed by atoms with van der Waals surface area (Å²) in [5.74, 6) is 0.715. The predicted molar refractivity (Wildman–Crippen MR) is 47.9 cm³/mol. The molecule has 0 atom stereocenters. The van der Waals surface area contributed by atoms with Gasteiger partial charge in [-0.1, -0.05) is 12.1 Å². The summed E-state index contributed by atoms with van der Waals surface area (Å²) in [5.41, 5.74) is 0.456. The molecule has 1 aliphatic carbocycles. The molecule has 0 aromatic heterocycles. The van der Waals surface area contributed by atoms with Gasteiger partial charge in [-0.2, -0.15) is 13.2 Å². The molecule has 0 unspecified atom stereocenters.